The zero-order chi connectivity index (χ0) is 18.1. The summed E-state index contributed by atoms with van der Waals surface area (Å²) in [6.07, 6.45) is 4.60. The Balaban J connectivity index is 1.81. The number of carbonyl (C=O) groups excluding carboxylic acids is 1. The van der Waals surface area contributed by atoms with E-state index in [1.165, 1.54) is 0 Å². The molecular formula is C19H19N5O2. The molecule has 2 heterocycles. The molecule has 26 heavy (non-hydrogen) atoms. The number of rotatable bonds is 4. The molecule has 1 unspecified atom stereocenters. The molecule has 0 aliphatic heterocycles. The Labute approximate surface area is 151 Å². The quantitative estimate of drug-likeness (QED) is 0.779. The summed E-state index contributed by atoms with van der Waals surface area (Å²) >= 11 is 0. The highest BCUT2D eigenvalue weighted by atomic mass is 16.5. The third-order valence-corrected chi connectivity index (χ3v) is 4.41. The summed E-state index contributed by atoms with van der Waals surface area (Å²) in [6.45, 7) is 2.07. The normalized spacial score (nSPS) is 16.2. The smallest absolute Gasteiger partial charge is 0.250 e. The van der Waals surface area contributed by atoms with Crippen LogP contribution in [0.25, 0.3) is 5.95 Å². The van der Waals surface area contributed by atoms with Gasteiger partial charge in [-0.2, -0.15) is 0 Å². The molecule has 1 N–H and O–H groups in total. The molecule has 7 heteroatoms. The Morgan fingerprint density at radius 2 is 2.00 bits per heavy atom. The fraction of sp³-hybridized carbons (Fsp3) is 0.263. The number of methoxy groups -OCH3 is 1. The van der Waals surface area contributed by atoms with Crippen molar-refractivity contribution in [3.8, 4) is 11.7 Å². The molecule has 132 valence electrons. The van der Waals surface area contributed by atoms with Crippen LogP contribution in [-0.4, -0.2) is 32.6 Å². The lowest BCUT2D eigenvalue weighted by Crippen LogP contribution is -2.20. The third kappa shape index (κ3) is 2.92. The molecule has 0 bridgehead atoms. The van der Waals surface area contributed by atoms with E-state index >= 15 is 0 Å². The van der Waals surface area contributed by atoms with Gasteiger partial charge >= 0.3 is 0 Å². The van der Waals surface area contributed by atoms with Gasteiger partial charge in [0.1, 0.15) is 5.75 Å². The molecule has 0 spiro atoms. The minimum Gasteiger partial charge on any atom is -0.497 e. The highest BCUT2D eigenvalue weighted by Crippen LogP contribution is 2.33. The number of aromatic nitrogens is 4. The maximum atomic E-state index is 12.7. The van der Waals surface area contributed by atoms with Crippen LogP contribution < -0.4 is 10.1 Å². The van der Waals surface area contributed by atoms with Gasteiger partial charge in [0.15, 0.2) is 11.6 Å². The van der Waals surface area contributed by atoms with Crippen molar-refractivity contribution >= 4 is 17.3 Å². The van der Waals surface area contributed by atoms with E-state index in [1.54, 1.807) is 30.3 Å². The first-order valence-corrected chi connectivity index (χ1v) is 8.49. The molecule has 0 radical (unpaired) electrons. The Kier molecular flexibility index (Phi) is 4.12. The number of hydrogen-bond donors (Lipinski definition) is 1. The molecule has 7 nitrogen and oxygen atoms in total. The maximum absolute atomic E-state index is 12.7. The number of nitrogens with zero attached hydrogens (tertiary/aromatic N) is 4. The highest BCUT2D eigenvalue weighted by molar-refractivity contribution is 6.03. The second-order valence-electron chi connectivity index (χ2n) is 6.42. The number of benzene rings is 1. The average molecular weight is 349 g/mol. The van der Waals surface area contributed by atoms with Gasteiger partial charge in [0.2, 0.25) is 0 Å². The second kappa shape index (κ2) is 6.59. The summed E-state index contributed by atoms with van der Waals surface area (Å²) in [5.41, 5.74) is 2.28. The Morgan fingerprint density at radius 3 is 2.77 bits per heavy atom. The van der Waals surface area contributed by atoms with Crippen LogP contribution in [0.3, 0.4) is 0 Å². The molecular weight excluding hydrogens is 330 g/mol. The van der Waals surface area contributed by atoms with E-state index in [0.717, 1.165) is 23.6 Å². The minimum atomic E-state index is 0.0892. The lowest BCUT2D eigenvalue weighted by atomic mass is 9.88. The van der Waals surface area contributed by atoms with Crippen molar-refractivity contribution < 1.29 is 9.53 Å². The largest absolute Gasteiger partial charge is 0.497 e. The molecule has 3 aromatic rings. The summed E-state index contributed by atoms with van der Waals surface area (Å²) in [4.78, 5) is 21.3. The van der Waals surface area contributed by atoms with Gasteiger partial charge in [-0.05, 0) is 30.5 Å². The molecule has 0 fully saturated rings. The van der Waals surface area contributed by atoms with Crippen LogP contribution >= 0.6 is 0 Å². The van der Waals surface area contributed by atoms with Crippen molar-refractivity contribution in [3.63, 3.8) is 0 Å². The topological polar surface area (TPSA) is 81.9 Å². The van der Waals surface area contributed by atoms with Crippen molar-refractivity contribution in [1.82, 2.24) is 19.7 Å². The molecule has 1 aromatic carbocycles. The monoisotopic (exact) mass is 349 g/mol. The number of ketones is 1. The molecule has 4 rings (SSSR count). The van der Waals surface area contributed by atoms with Gasteiger partial charge < -0.3 is 10.1 Å². The lowest BCUT2D eigenvalue weighted by Gasteiger charge is -2.18. The van der Waals surface area contributed by atoms with Crippen LogP contribution in [0.1, 0.15) is 29.4 Å². The summed E-state index contributed by atoms with van der Waals surface area (Å²) in [5, 5.41) is 7.87. The van der Waals surface area contributed by atoms with Crippen molar-refractivity contribution in [2.24, 2.45) is 5.92 Å². The van der Waals surface area contributed by atoms with E-state index in [4.69, 9.17) is 4.74 Å². The standard InChI is InChI=1S/C19H19N5O2/c1-12-9-15-17(16(25)10-12)18(22-13-5-3-6-14(11-13)26-2)23-24(15)19-20-7-4-8-21-19/h3-8,11-12H,9-10H2,1-2H3,(H,22,23). The van der Waals surface area contributed by atoms with E-state index in [9.17, 15) is 4.79 Å². The van der Waals surface area contributed by atoms with Crippen molar-refractivity contribution in [2.45, 2.75) is 19.8 Å². The third-order valence-electron chi connectivity index (χ3n) is 4.41. The number of anilines is 2. The van der Waals surface area contributed by atoms with E-state index < -0.39 is 0 Å². The predicted octanol–water partition coefficient (Wildman–Crippen LogP) is 3.18. The van der Waals surface area contributed by atoms with E-state index in [0.29, 0.717) is 23.8 Å². The van der Waals surface area contributed by atoms with Gasteiger partial charge in [-0.15, -0.1) is 5.10 Å². The maximum Gasteiger partial charge on any atom is 0.250 e. The van der Waals surface area contributed by atoms with Crippen LogP contribution in [0.5, 0.6) is 5.75 Å². The zero-order valence-corrected chi connectivity index (χ0v) is 14.6. The molecule has 0 amide bonds. The van der Waals surface area contributed by atoms with Gasteiger partial charge in [-0.1, -0.05) is 13.0 Å². The second-order valence-corrected chi connectivity index (χ2v) is 6.42. The number of nitrogens with one attached hydrogen (secondary N) is 1. The summed E-state index contributed by atoms with van der Waals surface area (Å²) < 4.78 is 6.93. The van der Waals surface area contributed by atoms with E-state index in [-0.39, 0.29) is 11.7 Å². The van der Waals surface area contributed by atoms with Crippen molar-refractivity contribution in [3.05, 3.63) is 54.0 Å². The van der Waals surface area contributed by atoms with Gasteiger partial charge in [0.25, 0.3) is 5.95 Å². The van der Waals surface area contributed by atoms with Crippen LogP contribution in [0, 0.1) is 5.92 Å². The number of hydrogen-bond acceptors (Lipinski definition) is 6. The Hall–Kier alpha value is -3.22. The Morgan fingerprint density at radius 1 is 1.19 bits per heavy atom. The number of fused-ring (bicyclic) bond motifs is 1. The summed E-state index contributed by atoms with van der Waals surface area (Å²) in [7, 11) is 1.62. The fourth-order valence-corrected chi connectivity index (χ4v) is 3.25. The van der Waals surface area contributed by atoms with E-state index in [2.05, 4.69) is 27.3 Å². The van der Waals surface area contributed by atoms with Crippen LogP contribution in [0.4, 0.5) is 11.5 Å². The van der Waals surface area contributed by atoms with Crippen LogP contribution in [0.15, 0.2) is 42.7 Å². The summed E-state index contributed by atoms with van der Waals surface area (Å²) in [6, 6.07) is 9.27. The van der Waals surface area contributed by atoms with Crippen molar-refractivity contribution in [2.75, 3.05) is 12.4 Å². The molecule has 0 saturated carbocycles. The van der Waals surface area contributed by atoms with Crippen molar-refractivity contribution in [1.29, 1.82) is 0 Å². The zero-order valence-electron chi connectivity index (χ0n) is 14.6. The first kappa shape index (κ1) is 16.3. The molecule has 1 aliphatic rings. The molecule has 1 aliphatic carbocycles. The first-order chi connectivity index (χ1) is 12.7. The number of Topliss-reactive ketones (excluding diaryl/α,β-unsaturated/α-hetero) is 1. The lowest BCUT2D eigenvalue weighted by molar-refractivity contribution is 0.0953. The number of carbonyl (C=O) groups is 1. The molecule has 2 aromatic heterocycles. The molecule has 0 saturated heterocycles. The minimum absolute atomic E-state index is 0.0892. The fourth-order valence-electron chi connectivity index (χ4n) is 3.25. The highest BCUT2D eigenvalue weighted by Gasteiger charge is 2.31. The first-order valence-electron chi connectivity index (χ1n) is 8.49. The van der Waals surface area contributed by atoms with Crippen LogP contribution in [-0.2, 0) is 6.42 Å². The SMILES string of the molecule is COc1cccc(Nc2nn(-c3ncccn3)c3c2C(=O)CC(C)C3)c1. The van der Waals surface area contributed by atoms with E-state index in [1.807, 2.05) is 24.3 Å². The average Bonchev–Trinajstić information content (AvgIpc) is 3.01. The van der Waals surface area contributed by atoms with Gasteiger partial charge in [0.05, 0.1) is 18.4 Å². The van der Waals surface area contributed by atoms with Gasteiger partial charge in [0, 0.05) is 30.6 Å². The molecule has 1 atom stereocenters. The van der Waals surface area contributed by atoms with Gasteiger partial charge in [-0.25, -0.2) is 14.6 Å². The Bertz CT molecular complexity index is 952. The predicted molar refractivity (Wildman–Crippen MR) is 97.2 cm³/mol. The summed E-state index contributed by atoms with van der Waals surface area (Å²) in [5.74, 6) is 2.07. The van der Waals surface area contributed by atoms with Gasteiger partial charge in [-0.3, -0.25) is 4.79 Å². The number of ether oxygens (including phenoxy) is 1. The van der Waals surface area contributed by atoms with Crippen LogP contribution in [0.2, 0.25) is 0 Å².